The van der Waals surface area contributed by atoms with Crippen LogP contribution in [0.4, 0.5) is 0 Å². The molecular formula is C27H29N5O2. The first-order valence-corrected chi connectivity index (χ1v) is 11.6. The monoisotopic (exact) mass is 455 g/mol. The van der Waals surface area contributed by atoms with Crippen molar-refractivity contribution in [3.63, 3.8) is 0 Å². The molecule has 0 saturated heterocycles. The van der Waals surface area contributed by atoms with Crippen molar-refractivity contribution >= 4 is 22.1 Å². The van der Waals surface area contributed by atoms with Crippen LogP contribution in [0.2, 0.25) is 0 Å². The third kappa shape index (κ3) is 4.89. The largest absolute Gasteiger partial charge is 0.508 e. The Morgan fingerprint density at radius 2 is 1.38 bits per heavy atom. The maximum absolute atomic E-state index is 9.67. The summed E-state index contributed by atoms with van der Waals surface area (Å²) >= 11 is 0. The molecule has 0 spiro atoms. The SMILES string of the molecule is CN(C)CCCCCOc1ccc2nc(-c3ccc(-c4nc5ccc(O)cc5[nH]4)cc3)[nH]c2c1. The van der Waals surface area contributed by atoms with Gasteiger partial charge < -0.3 is 24.7 Å². The van der Waals surface area contributed by atoms with Crippen molar-refractivity contribution in [1.82, 2.24) is 24.8 Å². The lowest BCUT2D eigenvalue weighted by molar-refractivity contribution is 0.299. The predicted molar refractivity (Wildman–Crippen MR) is 136 cm³/mol. The van der Waals surface area contributed by atoms with E-state index >= 15 is 0 Å². The number of aromatic amines is 2. The molecule has 5 aromatic rings. The summed E-state index contributed by atoms with van der Waals surface area (Å²) in [5, 5.41) is 9.67. The predicted octanol–water partition coefficient (Wildman–Crippen LogP) is 5.59. The lowest BCUT2D eigenvalue weighted by Gasteiger charge is -2.09. The Hall–Kier alpha value is -3.84. The molecule has 3 N–H and O–H groups in total. The van der Waals surface area contributed by atoms with Gasteiger partial charge in [-0.1, -0.05) is 24.3 Å². The summed E-state index contributed by atoms with van der Waals surface area (Å²) in [7, 11) is 4.21. The molecule has 0 fully saturated rings. The number of nitrogens with zero attached hydrogens (tertiary/aromatic N) is 3. The molecule has 34 heavy (non-hydrogen) atoms. The fraction of sp³-hybridized carbons (Fsp3) is 0.259. The number of nitrogens with one attached hydrogen (secondary N) is 2. The van der Waals surface area contributed by atoms with Crippen molar-refractivity contribution < 1.29 is 9.84 Å². The summed E-state index contributed by atoms with van der Waals surface area (Å²) in [6, 6.07) is 19.2. The van der Waals surface area contributed by atoms with Crippen LogP contribution < -0.4 is 4.74 Å². The number of phenols is 1. The van der Waals surface area contributed by atoms with Crippen LogP contribution in [0.15, 0.2) is 60.7 Å². The number of unbranched alkanes of at least 4 members (excludes halogenated alkanes) is 2. The van der Waals surface area contributed by atoms with Crippen LogP contribution in [0.25, 0.3) is 44.8 Å². The maximum atomic E-state index is 9.67. The van der Waals surface area contributed by atoms with Crippen LogP contribution in [-0.4, -0.2) is 57.2 Å². The van der Waals surface area contributed by atoms with Gasteiger partial charge in [-0.05, 0) is 64.2 Å². The highest BCUT2D eigenvalue weighted by Gasteiger charge is 2.09. The minimum Gasteiger partial charge on any atom is -0.508 e. The summed E-state index contributed by atoms with van der Waals surface area (Å²) in [6.45, 7) is 1.84. The fourth-order valence-electron chi connectivity index (χ4n) is 4.03. The van der Waals surface area contributed by atoms with E-state index in [-0.39, 0.29) is 5.75 Å². The number of hydrogen-bond acceptors (Lipinski definition) is 5. The van der Waals surface area contributed by atoms with Crippen LogP contribution in [0, 0.1) is 0 Å². The number of aromatic nitrogens is 4. The molecule has 2 heterocycles. The minimum atomic E-state index is 0.219. The van der Waals surface area contributed by atoms with E-state index in [1.807, 2.05) is 42.5 Å². The normalized spacial score (nSPS) is 11.6. The van der Waals surface area contributed by atoms with Crippen molar-refractivity contribution in [2.24, 2.45) is 0 Å². The molecule has 7 nitrogen and oxygen atoms in total. The topological polar surface area (TPSA) is 90.1 Å². The van der Waals surface area contributed by atoms with Gasteiger partial charge in [-0.25, -0.2) is 9.97 Å². The van der Waals surface area contributed by atoms with Crippen LogP contribution in [0.1, 0.15) is 19.3 Å². The van der Waals surface area contributed by atoms with E-state index in [1.165, 1.54) is 12.8 Å². The number of fused-ring (bicyclic) bond motifs is 2. The molecule has 5 rings (SSSR count). The molecule has 7 heteroatoms. The second-order valence-electron chi connectivity index (χ2n) is 8.84. The fourth-order valence-corrected chi connectivity index (χ4v) is 4.03. The number of benzene rings is 3. The number of rotatable bonds is 9. The standard InChI is InChI=1S/C27H29N5O2/c1-32(2)14-4-3-5-15-34-21-11-13-23-25(17-21)31-27(29-23)19-8-6-18(7-9-19)26-28-22-12-10-20(33)16-24(22)30-26/h6-13,16-17,33H,3-5,14-15H2,1-2H3,(H,28,30)(H,29,31). The van der Waals surface area contributed by atoms with Crippen molar-refractivity contribution in [1.29, 1.82) is 0 Å². The molecule has 3 aromatic carbocycles. The zero-order chi connectivity index (χ0) is 23.5. The molecule has 0 bridgehead atoms. The van der Waals surface area contributed by atoms with Gasteiger partial charge in [0.05, 0.1) is 28.7 Å². The Morgan fingerprint density at radius 1 is 0.765 bits per heavy atom. The average molecular weight is 456 g/mol. The third-order valence-corrected chi connectivity index (χ3v) is 5.87. The second kappa shape index (κ2) is 9.57. The van der Waals surface area contributed by atoms with E-state index in [0.29, 0.717) is 0 Å². The molecule has 174 valence electrons. The van der Waals surface area contributed by atoms with Crippen LogP contribution >= 0.6 is 0 Å². The number of imidazole rings is 2. The van der Waals surface area contributed by atoms with Crippen molar-refractivity contribution in [2.75, 3.05) is 27.2 Å². The van der Waals surface area contributed by atoms with Crippen molar-refractivity contribution in [3.8, 4) is 34.3 Å². The van der Waals surface area contributed by atoms with Crippen LogP contribution in [0.3, 0.4) is 0 Å². The third-order valence-electron chi connectivity index (χ3n) is 5.87. The van der Waals surface area contributed by atoms with Crippen LogP contribution in [0.5, 0.6) is 11.5 Å². The molecular weight excluding hydrogens is 426 g/mol. The number of ether oxygens (including phenoxy) is 1. The van der Waals surface area contributed by atoms with E-state index in [0.717, 1.165) is 70.2 Å². The lowest BCUT2D eigenvalue weighted by Crippen LogP contribution is -2.13. The van der Waals surface area contributed by atoms with Gasteiger partial charge in [-0.2, -0.15) is 0 Å². The zero-order valence-electron chi connectivity index (χ0n) is 19.5. The molecule has 0 radical (unpaired) electrons. The Balaban J connectivity index is 1.26. The van der Waals surface area contributed by atoms with Gasteiger partial charge in [0.15, 0.2) is 0 Å². The van der Waals surface area contributed by atoms with E-state index in [4.69, 9.17) is 9.72 Å². The van der Waals surface area contributed by atoms with Gasteiger partial charge >= 0.3 is 0 Å². The highest BCUT2D eigenvalue weighted by atomic mass is 16.5. The molecule has 0 atom stereocenters. The number of hydrogen-bond donors (Lipinski definition) is 3. The van der Waals surface area contributed by atoms with Gasteiger partial charge in [0.1, 0.15) is 23.1 Å². The minimum absolute atomic E-state index is 0.219. The van der Waals surface area contributed by atoms with Gasteiger partial charge in [0.25, 0.3) is 0 Å². The number of aromatic hydroxyl groups is 1. The van der Waals surface area contributed by atoms with E-state index in [2.05, 4.69) is 33.9 Å². The Labute approximate surface area is 198 Å². The molecule has 0 saturated carbocycles. The van der Waals surface area contributed by atoms with Gasteiger partial charge in [-0.3, -0.25) is 0 Å². The smallest absolute Gasteiger partial charge is 0.138 e. The summed E-state index contributed by atoms with van der Waals surface area (Å²) in [5.41, 5.74) is 5.47. The Kier molecular flexibility index (Phi) is 6.18. The lowest BCUT2D eigenvalue weighted by atomic mass is 10.1. The van der Waals surface area contributed by atoms with E-state index in [9.17, 15) is 5.11 Å². The first-order valence-electron chi connectivity index (χ1n) is 11.6. The summed E-state index contributed by atoms with van der Waals surface area (Å²) in [4.78, 5) is 18.2. The summed E-state index contributed by atoms with van der Waals surface area (Å²) in [5.74, 6) is 2.66. The zero-order valence-corrected chi connectivity index (χ0v) is 19.5. The molecule has 2 aromatic heterocycles. The van der Waals surface area contributed by atoms with E-state index < -0.39 is 0 Å². The number of H-pyrrole nitrogens is 2. The Bertz CT molecular complexity index is 1400. The van der Waals surface area contributed by atoms with Gasteiger partial charge in [-0.15, -0.1) is 0 Å². The van der Waals surface area contributed by atoms with Gasteiger partial charge in [0, 0.05) is 23.3 Å². The van der Waals surface area contributed by atoms with Gasteiger partial charge in [0.2, 0.25) is 0 Å². The number of phenolic OH excluding ortho intramolecular Hbond substituents is 1. The molecule has 0 aliphatic rings. The first-order chi connectivity index (χ1) is 16.5. The first kappa shape index (κ1) is 22.0. The highest BCUT2D eigenvalue weighted by molar-refractivity contribution is 5.82. The highest BCUT2D eigenvalue weighted by Crippen LogP contribution is 2.27. The maximum Gasteiger partial charge on any atom is 0.138 e. The van der Waals surface area contributed by atoms with E-state index in [1.54, 1.807) is 18.2 Å². The van der Waals surface area contributed by atoms with Crippen molar-refractivity contribution in [3.05, 3.63) is 60.7 Å². The quantitative estimate of drug-likeness (QED) is 0.252. The average Bonchev–Trinajstić information content (AvgIpc) is 3.45. The molecule has 0 amide bonds. The summed E-state index contributed by atoms with van der Waals surface area (Å²) < 4.78 is 5.95. The Morgan fingerprint density at radius 3 is 2.03 bits per heavy atom. The molecule has 0 aliphatic heterocycles. The molecule has 0 unspecified atom stereocenters. The summed E-state index contributed by atoms with van der Waals surface area (Å²) in [6.07, 6.45) is 3.41. The second-order valence-corrected chi connectivity index (χ2v) is 8.84. The molecule has 0 aliphatic carbocycles. The van der Waals surface area contributed by atoms with Crippen LogP contribution in [-0.2, 0) is 0 Å². The van der Waals surface area contributed by atoms with Crippen molar-refractivity contribution in [2.45, 2.75) is 19.3 Å².